The highest BCUT2D eigenvalue weighted by Gasteiger charge is 2.09. The number of nitrogens with zero attached hydrogens (tertiary/aromatic N) is 1. The fraction of sp³-hybridized carbons (Fsp3) is 0.273. The van der Waals surface area contributed by atoms with E-state index in [0.29, 0.717) is 18.5 Å². The van der Waals surface area contributed by atoms with Gasteiger partial charge in [-0.15, -0.1) is 0 Å². The number of isocyanates is 1. The minimum atomic E-state index is -0.374. The Kier molecular flexibility index (Phi) is 4.26. The zero-order valence-corrected chi connectivity index (χ0v) is 8.40. The fourth-order valence-corrected chi connectivity index (χ4v) is 1.27. The average molecular weight is 205 g/mol. The zero-order valence-electron chi connectivity index (χ0n) is 8.40. The predicted octanol–water partition coefficient (Wildman–Crippen LogP) is 1.35. The standard InChI is InChI=1S/C11H11NO3/c1-15-11(14)10-5-3-2-4-9(10)6-7-12-8-13/h2-5H,6-7H2,1H3. The molecular formula is C11H11NO3. The fourth-order valence-electron chi connectivity index (χ4n) is 1.27. The molecule has 0 heterocycles. The summed E-state index contributed by atoms with van der Waals surface area (Å²) in [6, 6.07) is 7.09. The molecule has 0 atom stereocenters. The van der Waals surface area contributed by atoms with Gasteiger partial charge < -0.3 is 4.74 Å². The Bertz CT molecular complexity index is 395. The molecule has 0 radical (unpaired) electrons. The van der Waals surface area contributed by atoms with Crippen molar-refractivity contribution in [1.82, 2.24) is 0 Å². The van der Waals surface area contributed by atoms with Gasteiger partial charge in [0.1, 0.15) is 0 Å². The van der Waals surface area contributed by atoms with Crippen LogP contribution in [0.25, 0.3) is 0 Å². The molecule has 0 saturated carbocycles. The number of aliphatic imine (C=N–C) groups is 1. The highest BCUT2D eigenvalue weighted by Crippen LogP contribution is 2.10. The van der Waals surface area contributed by atoms with Crippen LogP contribution in [0.15, 0.2) is 29.3 Å². The van der Waals surface area contributed by atoms with Crippen LogP contribution in [-0.4, -0.2) is 25.7 Å². The summed E-state index contributed by atoms with van der Waals surface area (Å²) in [6.07, 6.45) is 1.99. The van der Waals surface area contributed by atoms with Crippen molar-refractivity contribution in [3.63, 3.8) is 0 Å². The molecule has 0 unspecified atom stereocenters. The molecule has 78 valence electrons. The molecule has 0 aliphatic heterocycles. The molecule has 15 heavy (non-hydrogen) atoms. The van der Waals surface area contributed by atoms with Gasteiger partial charge in [-0.25, -0.2) is 14.6 Å². The third-order valence-electron chi connectivity index (χ3n) is 1.98. The number of carbonyl (C=O) groups is 1. The monoisotopic (exact) mass is 205 g/mol. The second-order valence-electron chi connectivity index (χ2n) is 2.87. The van der Waals surface area contributed by atoms with Crippen LogP contribution in [-0.2, 0) is 16.0 Å². The lowest BCUT2D eigenvalue weighted by molar-refractivity contribution is 0.0599. The molecule has 0 aromatic heterocycles. The molecule has 4 heteroatoms. The molecule has 0 N–H and O–H groups in total. The molecule has 0 spiro atoms. The van der Waals surface area contributed by atoms with Gasteiger partial charge in [0.2, 0.25) is 6.08 Å². The third kappa shape index (κ3) is 3.04. The smallest absolute Gasteiger partial charge is 0.338 e. The van der Waals surface area contributed by atoms with Crippen molar-refractivity contribution in [2.45, 2.75) is 6.42 Å². The highest BCUT2D eigenvalue weighted by molar-refractivity contribution is 5.90. The predicted molar refractivity (Wildman–Crippen MR) is 54.5 cm³/mol. The van der Waals surface area contributed by atoms with Crippen LogP contribution in [0.4, 0.5) is 0 Å². The first kappa shape index (κ1) is 11.1. The first-order valence-corrected chi connectivity index (χ1v) is 4.49. The topological polar surface area (TPSA) is 55.7 Å². The molecule has 0 amide bonds. The summed E-state index contributed by atoms with van der Waals surface area (Å²) in [6.45, 7) is 0.331. The lowest BCUT2D eigenvalue weighted by atomic mass is 10.1. The maximum Gasteiger partial charge on any atom is 0.338 e. The molecule has 0 saturated heterocycles. The van der Waals surface area contributed by atoms with Gasteiger partial charge in [0.15, 0.2) is 0 Å². The number of rotatable bonds is 4. The summed E-state index contributed by atoms with van der Waals surface area (Å²) in [5.74, 6) is -0.374. The van der Waals surface area contributed by atoms with Crippen LogP contribution in [0.3, 0.4) is 0 Å². The quantitative estimate of drug-likeness (QED) is 0.423. The van der Waals surface area contributed by atoms with Crippen molar-refractivity contribution < 1.29 is 14.3 Å². The summed E-state index contributed by atoms with van der Waals surface area (Å²) >= 11 is 0. The van der Waals surface area contributed by atoms with E-state index in [-0.39, 0.29) is 5.97 Å². The maximum atomic E-state index is 11.3. The molecule has 0 aliphatic carbocycles. The summed E-state index contributed by atoms with van der Waals surface area (Å²) in [5, 5.41) is 0. The second-order valence-corrected chi connectivity index (χ2v) is 2.87. The number of hydrogen-bond donors (Lipinski definition) is 0. The lowest BCUT2D eigenvalue weighted by Crippen LogP contribution is -2.06. The van der Waals surface area contributed by atoms with Gasteiger partial charge in [0, 0.05) is 0 Å². The van der Waals surface area contributed by atoms with Crippen molar-refractivity contribution in [3.05, 3.63) is 35.4 Å². The first-order chi connectivity index (χ1) is 7.29. The Morgan fingerprint density at radius 2 is 2.20 bits per heavy atom. The lowest BCUT2D eigenvalue weighted by Gasteiger charge is -2.05. The molecular weight excluding hydrogens is 194 g/mol. The van der Waals surface area contributed by atoms with Crippen LogP contribution in [0.2, 0.25) is 0 Å². The molecule has 0 bridgehead atoms. The van der Waals surface area contributed by atoms with E-state index in [0.717, 1.165) is 5.56 Å². The summed E-state index contributed by atoms with van der Waals surface area (Å²) in [5.41, 5.74) is 1.34. The van der Waals surface area contributed by atoms with Crippen molar-refractivity contribution in [1.29, 1.82) is 0 Å². The summed E-state index contributed by atoms with van der Waals surface area (Å²) in [7, 11) is 1.34. The summed E-state index contributed by atoms with van der Waals surface area (Å²) < 4.78 is 4.64. The molecule has 0 fully saturated rings. The van der Waals surface area contributed by atoms with Crippen molar-refractivity contribution in [2.24, 2.45) is 4.99 Å². The van der Waals surface area contributed by atoms with E-state index in [1.807, 2.05) is 12.1 Å². The summed E-state index contributed by atoms with van der Waals surface area (Å²) in [4.78, 5) is 24.7. The van der Waals surface area contributed by atoms with Crippen LogP contribution >= 0.6 is 0 Å². The van der Waals surface area contributed by atoms with Crippen molar-refractivity contribution >= 4 is 12.0 Å². The Hall–Kier alpha value is -1.93. The van der Waals surface area contributed by atoms with E-state index in [1.54, 1.807) is 12.1 Å². The molecule has 1 aromatic rings. The van der Waals surface area contributed by atoms with E-state index >= 15 is 0 Å². The van der Waals surface area contributed by atoms with Crippen molar-refractivity contribution in [3.8, 4) is 0 Å². The number of hydrogen-bond acceptors (Lipinski definition) is 4. The van der Waals surface area contributed by atoms with Gasteiger partial charge in [0.05, 0.1) is 19.2 Å². The Morgan fingerprint density at radius 3 is 2.87 bits per heavy atom. The molecule has 4 nitrogen and oxygen atoms in total. The van der Waals surface area contributed by atoms with Gasteiger partial charge in [-0.05, 0) is 18.1 Å². The van der Waals surface area contributed by atoms with Gasteiger partial charge in [-0.3, -0.25) is 0 Å². The van der Waals surface area contributed by atoms with E-state index in [4.69, 9.17) is 0 Å². The van der Waals surface area contributed by atoms with Gasteiger partial charge in [0.25, 0.3) is 0 Å². The first-order valence-electron chi connectivity index (χ1n) is 4.49. The van der Waals surface area contributed by atoms with E-state index in [9.17, 15) is 9.59 Å². The normalized spacial score (nSPS) is 9.13. The maximum absolute atomic E-state index is 11.3. The number of ether oxygens (including phenoxy) is 1. The van der Waals surface area contributed by atoms with Crippen LogP contribution in [0.5, 0.6) is 0 Å². The number of esters is 1. The van der Waals surface area contributed by atoms with E-state index in [1.165, 1.54) is 13.2 Å². The minimum Gasteiger partial charge on any atom is -0.465 e. The van der Waals surface area contributed by atoms with Gasteiger partial charge in [-0.2, -0.15) is 0 Å². The number of benzene rings is 1. The second kappa shape index (κ2) is 5.73. The van der Waals surface area contributed by atoms with Crippen LogP contribution in [0, 0.1) is 0 Å². The molecule has 1 rings (SSSR count). The largest absolute Gasteiger partial charge is 0.465 e. The molecule has 0 aliphatic rings. The zero-order chi connectivity index (χ0) is 11.1. The Morgan fingerprint density at radius 1 is 1.47 bits per heavy atom. The third-order valence-corrected chi connectivity index (χ3v) is 1.98. The van der Waals surface area contributed by atoms with Gasteiger partial charge in [-0.1, -0.05) is 18.2 Å². The molecule has 1 aromatic carbocycles. The highest BCUT2D eigenvalue weighted by atomic mass is 16.5. The Labute approximate surface area is 87.6 Å². The van der Waals surface area contributed by atoms with E-state index in [2.05, 4.69) is 9.73 Å². The Balaban J connectivity index is 2.85. The number of methoxy groups -OCH3 is 1. The van der Waals surface area contributed by atoms with Crippen LogP contribution < -0.4 is 0 Å². The van der Waals surface area contributed by atoms with Crippen molar-refractivity contribution in [2.75, 3.05) is 13.7 Å². The average Bonchev–Trinajstić information content (AvgIpc) is 2.29. The SMILES string of the molecule is COC(=O)c1ccccc1CCN=C=O. The number of carbonyl (C=O) groups excluding carboxylic acids is 2. The van der Waals surface area contributed by atoms with Crippen LogP contribution in [0.1, 0.15) is 15.9 Å². The van der Waals surface area contributed by atoms with E-state index < -0.39 is 0 Å². The van der Waals surface area contributed by atoms with Gasteiger partial charge >= 0.3 is 5.97 Å². The minimum absolute atomic E-state index is 0.331.